The summed E-state index contributed by atoms with van der Waals surface area (Å²) in [7, 11) is -0.859. The van der Waals surface area contributed by atoms with Gasteiger partial charge < -0.3 is 19.9 Å². The molecule has 3 heterocycles. The van der Waals surface area contributed by atoms with Gasteiger partial charge in [0.25, 0.3) is 0 Å². The molecule has 1 fully saturated rings. The summed E-state index contributed by atoms with van der Waals surface area (Å²) in [6.45, 7) is 3.01. The van der Waals surface area contributed by atoms with Gasteiger partial charge in [-0.25, -0.2) is 4.72 Å². The molecule has 35 heavy (non-hydrogen) atoms. The molecule has 0 radical (unpaired) electrons. The summed E-state index contributed by atoms with van der Waals surface area (Å²) in [4.78, 5) is 9.09. The maximum atomic E-state index is 12.9. The number of amidine groups is 1. The molecule has 0 aliphatic carbocycles. The topological polar surface area (TPSA) is 128 Å². The first kappa shape index (κ1) is 23.2. The third-order valence-corrected chi connectivity index (χ3v) is 7.57. The van der Waals surface area contributed by atoms with E-state index >= 15 is 0 Å². The van der Waals surface area contributed by atoms with E-state index in [9.17, 15) is 8.42 Å². The van der Waals surface area contributed by atoms with Gasteiger partial charge in [-0.3, -0.25) is 14.3 Å². The van der Waals surface area contributed by atoms with Crippen LogP contribution in [0.2, 0.25) is 0 Å². The second-order valence-electron chi connectivity index (χ2n) is 8.54. The van der Waals surface area contributed by atoms with Gasteiger partial charge in [0.1, 0.15) is 11.9 Å². The highest BCUT2D eigenvalue weighted by atomic mass is 32.2. The molecule has 11 heteroatoms. The lowest BCUT2D eigenvalue weighted by atomic mass is 10.0. The molecule has 2 aliphatic rings. The first-order chi connectivity index (χ1) is 16.8. The molecule has 2 atom stereocenters. The van der Waals surface area contributed by atoms with Gasteiger partial charge in [0.05, 0.1) is 43.3 Å². The minimum Gasteiger partial charge on any atom is -0.493 e. The highest BCUT2D eigenvalue weighted by molar-refractivity contribution is 7.91. The van der Waals surface area contributed by atoms with Crippen LogP contribution in [0.15, 0.2) is 47.6 Å². The van der Waals surface area contributed by atoms with Crippen LogP contribution in [0.25, 0.3) is 10.9 Å². The Balaban J connectivity index is 1.59. The number of nitrogens with two attached hydrogens (primary N) is 1. The summed E-state index contributed by atoms with van der Waals surface area (Å²) >= 11 is 0. The molecular weight excluding hydrogens is 470 g/mol. The van der Waals surface area contributed by atoms with Gasteiger partial charge in [-0.1, -0.05) is 6.07 Å². The van der Waals surface area contributed by atoms with Crippen molar-refractivity contribution in [2.75, 3.05) is 37.4 Å². The van der Waals surface area contributed by atoms with Crippen molar-refractivity contribution < 1.29 is 22.6 Å². The van der Waals surface area contributed by atoms with Gasteiger partial charge in [-0.05, 0) is 36.8 Å². The SMILES string of the molecule is COc1cc2c(cc1O[C@H]1CCOC1)C(=N[C@H](C)c1cc(N)c3ncccc3c1)NS(=O)(=O)N2C. The average molecular weight is 498 g/mol. The number of anilines is 2. The molecule has 1 saturated heterocycles. The van der Waals surface area contributed by atoms with E-state index in [-0.39, 0.29) is 11.9 Å². The number of nitrogens with one attached hydrogen (secondary N) is 1. The fraction of sp³-hybridized carbons (Fsp3) is 0.333. The third kappa shape index (κ3) is 4.32. The summed E-state index contributed by atoms with van der Waals surface area (Å²) < 4.78 is 46.6. The number of hydrogen-bond donors (Lipinski definition) is 2. The van der Waals surface area contributed by atoms with Crippen molar-refractivity contribution >= 4 is 38.3 Å². The molecule has 0 amide bonds. The Morgan fingerprint density at radius 1 is 1.29 bits per heavy atom. The Kier molecular flexibility index (Phi) is 5.89. The quantitative estimate of drug-likeness (QED) is 0.519. The number of aromatic nitrogens is 1. The number of nitrogens with zero attached hydrogens (tertiary/aromatic N) is 3. The number of benzene rings is 2. The number of aliphatic imine (C=N–C) groups is 1. The molecule has 10 nitrogen and oxygen atoms in total. The minimum absolute atomic E-state index is 0.103. The van der Waals surface area contributed by atoms with Crippen LogP contribution in [-0.2, 0) is 14.9 Å². The van der Waals surface area contributed by atoms with E-state index in [4.69, 9.17) is 24.9 Å². The summed E-state index contributed by atoms with van der Waals surface area (Å²) in [5.41, 5.74) is 9.33. The van der Waals surface area contributed by atoms with Crippen molar-refractivity contribution in [3.8, 4) is 11.5 Å². The van der Waals surface area contributed by atoms with Gasteiger partial charge in [0.2, 0.25) is 0 Å². The third-order valence-electron chi connectivity index (χ3n) is 6.21. The van der Waals surface area contributed by atoms with Gasteiger partial charge in [0, 0.05) is 36.7 Å². The summed E-state index contributed by atoms with van der Waals surface area (Å²) in [5.74, 6) is 1.14. The van der Waals surface area contributed by atoms with E-state index in [0.717, 1.165) is 21.7 Å². The molecule has 0 bridgehead atoms. The lowest BCUT2D eigenvalue weighted by molar-refractivity contribution is 0.138. The van der Waals surface area contributed by atoms with Crippen LogP contribution in [-0.4, -0.2) is 52.7 Å². The van der Waals surface area contributed by atoms with Crippen LogP contribution < -0.4 is 24.2 Å². The highest BCUT2D eigenvalue weighted by Gasteiger charge is 2.33. The van der Waals surface area contributed by atoms with Crippen molar-refractivity contribution in [3.63, 3.8) is 0 Å². The summed E-state index contributed by atoms with van der Waals surface area (Å²) in [6.07, 6.45) is 2.36. The van der Waals surface area contributed by atoms with Gasteiger partial charge in [-0.15, -0.1) is 0 Å². The second-order valence-corrected chi connectivity index (χ2v) is 10.2. The lowest BCUT2D eigenvalue weighted by Gasteiger charge is -2.30. The molecule has 1 aromatic heterocycles. The highest BCUT2D eigenvalue weighted by Crippen LogP contribution is 2.39. The van der Waals surface area contributed by atoms with Gasteiger partial charge >= 0.3 is 10.2 Å². The fourth-order valence-electron chi connectivity index (χ4n) is 4.26. The smallest absolute Gasteiger partial charge is 0.324 e. The maximum absolute atomic E-state index is 12.9. The molecule has 3 aromatic rings. The Morgan fingerprint density at radius 3 is 2.86 bits per heavy atom. The second kappa shape index (κ2) is 8.90. The summed E-state index contributed by atoms with van der Waals surface area (Å²) in [6, 6.07) is 10.6. The number of pyridine rings is 1. The van der Waals surface area contributed by atoms with Crippen LogP contribution in [0.1, 0.15) is 30.5 Å². The van der Waals surface area contributed by atoms with E-state index in [2.05, 4.69) is 9.71 Å². The average Bonchev–Trinajstić information content (AvgIpc) is 3.35. The molecule has 5 rings (SSSR count). The number of rotatable bonds is 5. The normalized spacial score (nSPS) is 20.9. The van der Waals surface area contributed by atoms with Crippen molar-refractivity contribution in [2.24, 2.45) is 4.99 Å². The first-order valence-corrected chi connectivity index (χ1v) is 12.7. The van der Waals surface area contributed by atoms with Crippen molar-refractivity contribution in [1.82, 2.24) is 9.71 Å². The van der Waals surface area contributed by atoms with Crippen LogP contribution >= 0.6 is 0 Å². The van der Waals surface area contributed by atoms with Crippen molar-refractivity contribution in [1.29, 1.82) is 0 Å². The predicted octanol–water partition coefficient (Wildman–Crippen LogP) is 2.79. The Bertz CT molecular complexity index is 1420. The Labute approximate surface area is 203 Å². The van der Waals surface area contributed by atoms with Crippen molar-refractivity contribution in [3.05, 3.63) is 53.7 Å². The van der Waals surface area contributed by atoms with Gasteiger partial charge in [0.15, 0.2) is 11.5 Å². The van der Waals surface area contributed by atoms with Gasteiger partial charge in [-0.2, -0.15) is 8.42 Å². The zero-order valence-electron chi connectivity index (χ0n) is 19.7. The molecule has 184 valence electrons. The monoisotopic (exact) mass is 497 g/mol. The molecule has 2 aromatic carbocycles. The van der Waals surface area contributed by atoms with E-state index in [1.807, 2.05) is 31.2 Å². The number of hydrogen-bond acceptors (Lipinski definition) is 8. The molecule has 0 unspecified atom stereocenters. The maximum Gasteiger partial charge on any atom is 0.324 e. The first-order valence-electron chi connectivity index (χ1n) is 11.2. The zero-order valence-corrected chi connectivity index (χ0v) is 20.5. The number of ether oxygens (including phenoxy) is 3. The molecule has 3 N–H and O–H groups in total. The van der Waals surface area contributed by atoms with E-state index in [0.29, 0.717) is 47.2 Å². The van der Waals surface area contributed by atoms with Crippen LogP contribution in [0, 0.1) is 0 Å². The molecule has 0 spiro atoms. The van der Waals surface area contributed by atoms with Crippen LogP contribution in [0.4, 0.5) is 11.4 Å². The Hall–Kier alpha value is -3.57. The summed E-state index contributed by atoms with van der Waals surface area (Å²) in [5, 5.41) is 0.887. The predicted molar refractivity (Wildman–Crippen MR) is 134 cm³/mol. The van der Waals surface area contributed by atoms with Crippen molar-refractivity contribution in [2.45, 2.75) is 25.5 Å². The zero-order chi connectivity index (χ0) is 24.7. The Morgan fingerprint density at radius 2 is 2.11 bits per heavy atom. The van der Waals surface area contributed by atoms with Crippen LogP contribution in [0.3, 0.4) is 0 Å². The van der Waals surface area contributed by atoms with Crippen LogP contribution in [0.5, 0.6) is 11.5 Å². The molecular formula is C24H27N5O5S. The number of nitrogen functional groups attached to an aromatic ring is 1. The van der Waals surface area contributed by atoms with E-state index in [1.165, 1.54) is 14.2 Å². The largest absolute Gasteiger partial charge is 0.493 e. The molecule has 0 saturated carbocycles. The fourth-order valence-corrected chi connectivity index (χ4v) is 5.22. The van der Waals surface area contributed by atoms with E-state index < -0.39 is 16.3 Å². The standard InChI is InChI=1S/C24H27N5O5S/c1-14(16-9-15-5-4-7-26-23(15)19(25)10-16)27-24-18-11-22(34-17-6-8-33-13-17)21(32-3)12-20(18)29(2)35(30,31)28-24/h4-5,7,9-12,14,17H,6,8,13,25H2,1-3H3,(H,27,28)/t14-,17+/m1/s1. The number of fused-ring (bicyclic) bond motifs is 2. The van der Waals surface area contributed by atoms with E-state index in [1.54, 1.807) is 18.3 Å². The minimum atomic E-state index is -3.85. The lowest BCUT2D eigenvalue weighted by Crippen LogP contribution is -2.47. The number of methoxy groups -OCH3 is 1. The molecule has 2 aliphatic heterocycles.